The molecule has 1 aliphatic heterocycles. The van der Waals surface area contributed by atoms with Gasteiger partial charge in [-0.1, -0.05) is 0 Å². The summed E-state index contributed by atoms with van der Waals surface area (Å²) in [4.78, 5) is 34.0. The summed E-state index contributed by atoms with van der Waals surface area (Å²) in [6.45, 7) is 3.21. The first-order valence-electron chi connectivity index (χ1n) is 5.79. The van der Waals surface area contributed by atoms with Gasteiger partial charge in [0.2, 0.25) is 0 Å². The van der Waals surface area contributed by atoms with Gasteiger partial charge in [0.15, 0.2) is 0 Å². The number of amides is 2. The minimum Gasteiger partial charge on any atom is -0.379 e. The van der Waals surface area contributed by atoms with Crippen LogP contribution in [0, 0.1) is 0 Å². The minimum atomic E-state index is -0.304. The predicted molar refractivity (Wildman–Crippen MR) is 62.8 cm³/mol. The molecule has 0 aromatic rings. The highest BCUT2D eigenvalue weighted by Gasteiger charge is 2.22. The average molecular weight is 255 g/mol. The molecular weight excluding hydrogens is 238 g/mol. The van der Waals surface area contributed by atoms with Crippen molar-refractivity contribution in [1.82, 2.24) is 4.90 Å². The molecule has 0 saturated carbocycles. The summed E-state index contributed by atoms with van der Waals surface area (Å²) in [6.07, 6.45) is 2.89. The summed E-state index contributed by atoms with van der Waals surface area (Å²) < 4.78 is 10.4. The normalized spacial score (nSPS) is 14.6. The monoisotopic (exact) mass is 255 g/mol. The summed E-state index contributed by atoms with van der Waals surface area (Å²) in [6, 6.07) is 0. The molecule has 0 unspecified atom stereocenters. The van der Waals surface area contributed by atoms with Crippen LogP contribution in [0.5, 0.6) is 0 Å². The van der Waals surface area contributed by atoms with Gasteiger partial charge in [-0.25, -0.2) is 0 Å². The zero-order chi connectivity index (χ0) is 13.4. The van der Waals surface area contributed by atoms with Crippen LogP contribution in [0.1, 0.15) is 13.3 Å². The summed E-state index contributed by atoms with van der Waals surface area (Å²) in [5.74, 6) is -0.517. The van der Waals surface area contributed by atoms with E-state index in [2.05, 4.69) is 0 Å². The highest BCUT2D eigenvalue weighted by Crippen LogP contribution is 2.02. The first-order chi connectivity index (χ1) is 8.61. The van der Waals surface area contributed by atoms with E-state index >= 15 is 0 Å². The Labute approximate surface area is 106 Å². The highest BCUT2D eigenvalue weighted by molar-refractivity contribution is 6.12. The Morgan fingerprint density at radius 2 is 1.61 bits per heavy atom. The molecule has 1 rings (SSSR count). The van der Waals surface area contributed by atoms with Crippen LogP contribution < -0.4 is 0 Å². The van der Waals surface area contributed by atoms with Crippen LogP contribution in [0.15, 0.2) is 12.2 Å². The number of hydrogen-bond acceptors (Lipinski definition) is 5. The van der Waals surface area contributed by atoms with Crippen molar-refractivity contribution in [2.45, 2.75) is 13.3 Å². The molecule has 1 aliphatic rings. The number of hydrogen-bond donors (Lipinski definition) is 0. The Morgan fingerprint density at radius 1 is 1.06 bits per heavy atom. The Morgan fingerprint density at radius 3 is 2.17 bits per heavy atom. The van der Waals surface area contributed by atoms with Gasteiger partial charge in [0, 0.05) is 18.6 Å². The zero-order valence-electron chi connectivity index (χ0n) is 10.4. The fourth-order valence-corrected chi connectivity index (χ4v) is 1.35. The molecule has 0 aromatic heterocycles. The number of rotatable bonds is 9. The third kappa shape index (κ3) is 5.20. The molecule has 6 heteroatoms. The van der Waals surface area contributed by atoms with Crippen molar-refractivity contribution in [2.75, 3.05) is 33.0 Å². The van der Waals surface area contributed by atoms with Gasteiger partial charge >= 0.3 is 0 Å². The van der Waals surface area contributed by atoms with E-state index in [1.807, 2.05) is 0 Å². The molecule has 0 radical (unpaired) electrons. The van der Waals surface area contributed by atoms with Crippen LogP contribution in [-0.4, -0.2) is 55.5 Å². The minimum absolute atomic E-state index is 0.0921. The van der Waals surface area contributed by atoms with Gasteiger partial charge in [0.05, 0.1) is 33.0 Å². The predicted octanol–water partition coefficient (Wildman–Crippen LogP) is -0.0763. The second-order valence-electron chi connectivity index (χ2n) is 3.84. The van der Waals surface area contributed by atoms with E-state index in [1.54, 1.807) is 0 Å². The molecule has 0 spiro atoms. The molecule has 0 N–H and O–H groups in total. The second-order valence-corrected chi connectivity index (χ2v) is 3.84. The topological polar surface area (TPSA) is 72.9 Å². The molecule has 1 heterocycles. The number of ketones is 1. The number of imide groups is 1. The Hall–Kier alpha value is -1.53. The van der Waals surface area contributed by atoms with E-state index in [9.17, 15) is 14.4 Å². The number of ether oxygens (including phenoxy) is 2. The first kappa shape index (κ1) is 14.5. The van der Waals surface area contributed by atoms with Crippen LogP contribution in [0.4, 0.5) is 0 Å². The first-order valence-corrected chi connectivity index (χ1v) is 5.79. The van der Waals surface area contributed by atoms with Crippen molar-refractivity contribution in [3.8, 4) is 0 Å². The van der Waals surface area contributed by atoms with Crippen LogP contribution in [0.25, 0.3) is 0 Å². The lowest BCUT2D eigenvalue weighted by Gasteiger charge is -2.13. The number of carbonyl (C=O) groups is 3. The van der Waals surface area contributed by atoms with Gasteiger partial charge in [-0.2, -0.15) is 0 Å². The quantitative estimate of drug-likeness (QED) is 0.426. The van der Waals surface area contributed by atoms with Gasteiger partial charge in [-0.05, 0) is 6.92 Å². The van der Waals surface area contributed by atoms with E-state index < -0.39 is 0 Å². The lowest BCUT2D eigenvalue weighted by atomic mass is 10.3. The van der Waals surface area contributed by atoms with Gasteiger partial charge in [0.1, 0.15) is 5.78 Å². The van der Waals surface area contributed by atoms with E-state index in [4.69, 9.17) is 9.47 Å². The molecule has 0 bridgehead atoms. The standard InChI is InChI=1S/C12H17NO5/c1-10(14)4-6-17-8-9-18-7-5-13-11(15)2-3-12(13)16/h2-3H,4-9H2,1H3. The average Bonchev–Trinajstić information content (AvgIpc) is 2.63. The molecule has 0 saturated heterocycles. The smallest absolute Gasteiger partial charge is 0.253 e. The van der Waals surface area contributed by atoms with Gasteiger partial charge in [-0.3, -0.25) is 19.3 Å². The molecule has 0 fully saturated rings. The second kappa shape index (κ2) is 7.73. The molecular formula is C12H17NO5. The number of nitrogens with zero attached hydrogens (tertiary/aromatic N) is 1. The Bertz CT molecular complexity index is 332. The molecule has 0 aliphatic carbocycles. The fourth-order valence-electron chi connectivity index (χ4n) is 1.35. The van der Waals surface area contributed by atoms with Crippen molar-refractivity contribution in [1.29, 1.82) is 0 Å². The van der Waals surface area contributed by atoms with E-state index in [0.29, 0.717) is 26.2 Å². The Balaban J connectivity index is 1.94. The summed E-state index contributed by atoms with van der Waals surface area (Å²) >= 11 is 0. The maximum absolute atomic E-state index is 11.2. The molecule has 2 amide bonds. The van der Waals surface area contributed by atoms with Crippen LogP contribution in [0.3, 0.4) is 0 Å². The van der Waals surface area contributed by atoms with Gasteiger partial charge in [-0.15, -0.1) is 0 Å². The number of Topliss-reactive ketones (excluding diaryl/α,β-unsaturated/α-hetero) is 1. The summed E-state index contributed by atoms with van der Waals surface area (Å²) in [7, 11) is 0. The third-order valence-corrected chi connectivity index (χ3v) is 2.33. The Kier molecular flexibility index (Phi) is 6.24. The lowest BCUT2D eigenvalue weighted by Crippen LogP contribution is -2.33. The molecule has 6 nitrogen and oxygen atoms in total. The lowest BCUT2D eigenvalue weighted by molar-refractivity contribution is -0.137. The highest BCUT2D eigenvalue weighted by atomic mass is 16.5. The summed E-state index contributed by atoms with van der Waals surface area (Å²) in [5.41, 5.74) is 0. The van der Waals surface area contributed by atoms with Gasteiger partial charge < -0.3 is 9.47 Å². The zero-order valence-corrected chi connectivity index (χ0v) is 10.4. The van der Waals surface area contributed by atoms with E-state index in [1.165, 1.54) is 19.1 Å². The van der Waals surface area contributed by atoms with Crippen molar-refractivity contribution >= 4 is 17.6 Å². The van der Waals surface area contributed by atoms with Crippen molar-refractivity contribution in [3.63, 3.8) is 0 Å². The molecule has 100 valence electrons. The molecule has 18 heavy (non-hydrogen) atoms. The number of carbonyl (C=O) groups excluding carboxylic acids is 3. The summed E-state index contributed by atoms with van der Waals surface area (Å²) in [5, 5.41) is 0. The van der Waals surface area contributed by atoms with Gasteiger partial charge in [0.25, 0.3) is 11.8 Å². The van der Waals surface area contributed by atoms with Crippen LogP contribution in [-0.2, 0) is 23.9 Å². The maximum atomic E-state index is 11.2. The molecule has 0 aromatic carbocycles. The third-order valence-electron chi connectivity index (χ3n) is 2.33. The SMILES string of the molecule is CC(=O)CCOCCOCCN1C(=O)C=CC1=O. The largest absolute Gasteiger partial charge is 0.379 e. The molecule has 0 atom stereocenters. The van der Waals surface area contributed by atoms with Crippen molar-refractivity contribution in [3.05, 3.63) is 12.2 Å². The maximum Gasteiger partial charge on any atom is 0.253 e. The van der Waals surface area contributed by atoms with Crippen LogP contribution in [0.2, 0.25) is 0 Å². The van der Waals surface area contributed by atoms with Crippen LogP contribution >= 0.6 is 0 Å². The fraction of sp³-hybridized carbons (Fsp3) is 0.583. The van der Waals surface area contributed by atoms with Crippen molar-refractivity contribution < 1.29 is 23.9 Å². The van der Waals surface area contributed by atoms with E-state index in [0.717, 1.165) is 4.90 Å². The van der Waals surface area contributed by atoms with Crippen molar-refractivity contribution in [2.24, 2.45) is 0 Å². The van der Waals surface area contributed by atoms with E-state index in [-0.39, 0.29) is 30.7 Å².